The molecule has 30 heavy (non-hydrogen) atoms. The van der Waals surface area contributed by atoms with Gasteiger partial charge in [0.25, 0.3) is 11.2 Å². The molecule has 1 N–H and O–H groups in total. The van der Waals surface area contributed by atoms with Crippen LogP contribution in [0.1, 0.15) is 23.8 Å². The molecular formula is C20H20N4O5S. The average Bonchev–Trinajstić information content (AvgIpc) is 3.08. The third kappa shape index (κ3) is 3.65. The largest absolute Gasteiger partial charge is 0.496 e. The molecular weight excluding hydrogens is 408 g/mol. The molecule has 0 fully saturated rings. The highest BCUT2D eigenvalue weighted by molar-refractivity contribution is 7.18. The first-order chi connectivity index (χ1) is 14.4. The summed E-state index contributed by atoms with van der Waals surface area (Å²) in [4.78, 5) is 42.5. The number of rotatable bonds is 5. The predicted molar refractivity (Wildman–Crippen MR) is 113 cm³/mol. The number of benzene rings is 1. The van der Waals surface area contributed by atoms with E-state index in [0.717, 1.165) is 24.8 Å². The Morgan fingerprint density at radius 3 is 3.00 bits per heavy atom. The molecule has 0 radical (unpaired) electrons. The van der Waals surface area contributed by atoms with Crippen molar-refractivity contribution >= 4 is 38.8 Å². The number of fused-ring (bicyclic) bond motifs is 3. The molecule has 9 nitrogen and oxygen atoms in total. The normalized spacial score (nSPS) is 15.6. The van der Waals surface area contributed by atoms with Crippen molar-refractivity contribution in [3.63, 3.8) is 0 Å². The summed E-state index contributed by atoms with van der Waals surface area (Å²) < 4.78 is 6.24. The van der Waals surface area contributed by atoms with Gasteiger partial charge in [0.15, 0.2) is 0 Å². The number of aryl methyl sites for hydroxylation is 1. The lowest BCUT2D eigenvalue weighted by Crippen LogP contribution is -2.28. The number of amides is 1. The minimum atomic E-state index is -0.601. The van der Waals surface area contributed by atoms with Gasteiger partial charge in [-0.15, -0.1) is 11.3 Å². The second-order valence-electron chi connectivity index (χ2n) is 7.40. The number of hydrogen-bond donors (Lipinski definition) is 1. The summed E-state index contributed by atoms with van der Waals surface area (Å²) in [6, 6.07) is 4.14. The van der Waals surface area contributed by atoms with Crippen molar-refractivity contribution in [3.05, 3.63) is 55.4 Å². The standard InChI is InChI=1S/C20H20N4O5S/c1-11-3-5-13-16(7-11)30-19-18(13)20(26)23(10-21-19)9-17(25)22-14-6-4-12(29-2)8-15(14)24(27)28/h4,6,8,10-11H,3,5,7,9H2,1-2H3,(H,22,25)/t11-/m0/s1. The Morgan fingerprint density at radius 2 is 2.27 bits per heavy atom. The summed E-state index contributed by atoms with van der Waals surface area (Å²) in [5, 5.41) is 14.4. The Hall–Kier alpha value is -3.27. The number of nitrogens with one attached hydrogen (secondary N) is 1. The Bertz CT molecular complexity index is 1220. The molecule has 0 unspecified atom stereocenters. The van der Waals surface area contributed by atoms with Crippen LogP contribution in [0.25, 0.3) is 10.2 Å². The molecule has 0 saturated carbocycles. The van der Waals surface area contributed by atoms with Gasteiger partial charge in [0.05, 0.1) is 29.8 Å². The first kappa shape index (κ1) is 20.0. The van der Waals surface area contributed by atoms with E-state index in [1.165, 1.54) is 41.1 Å². The number of carbonyl (C=O) groups is 1. The van der Waals surface area contributed by atoms with E-state index >= 15 is 0 Å². The molecule has 4 rings (SSSR count). The van der Waals surface area contributed by atoms with E-state index < -0.39 is 10.8 Å². The minimum Gasteiger partial charge on any atom is -0.496 e. The maximum absolute atomic E-state index is 13.0. The van der Waals surface area contributed by atoms with Gasteiger partial charge in [-0.3, -0.25) is 24.3 Å². The van der Waals surface area contributed by atoms with E-state index in [2.05, 4.69) is 17.2 Å². The van der Waals surface area contributed by atoms with Gasteiger partial charge in [-0.05, 0) is 42.9 Å². The molecule has 10 heteroatoms. The lowest BCUT2D eigenvalue weighted by Gasteiger charge is -2.17. The smallest absolute Gasteiger partial charge is 0.296 e. The van der Waals surface area contributed by atoms with Crippen LogP contribution in [0.4, 0.5) is 11.4 Å². The number of anilines is 1. The second kappa shape index (κ2) is 7.86. The molecule has 0 spiro atoms. The summed E-state index contributed by atoms with van der Waals surface area (Å²) in [6.07, 6.45) is 4.16. The lowest BCUT2D eigenvalue weighted by molar-refractivity contribution is -0.384. The number of thiophene rings is 1. The minimum absolute atomic E-state index is 0.0368. The molecule has 1 aromatic carbocycles. The van der Waals surface area contributed by atoms with Crippen molar-refractivity contribution in [1.82, 2.24) is 9.55 Å². The lowest BCUT2D eigenvalue weighted by atomic mass is 9.89. The Labute approximate surface area is 175 Å². The summed E-state index contributed by atoms with van der Waals surface area (Å²) in [5.41, 5.74) is 0.539. The monoisotopic (exact) mass is 428 g/mol. The quantitative estimate of drug-likeness (QED) is 0.493. The Kier molecular flexibility index (Phi) is 5.25. The molecule has 0 aliphatic heterocycles. The zero-order valence-electron chi connectivity index (χ0n) is 16.5. The maximum Gasteiger partial charge on any atom is 0.296 e. The molecule has 0 bridgehead atoms. The third-order valence-electron chi connectivity index (χ3n) is 5.27. The van der Waals surface area contributed by atoms with Crippen LogP contribution in [0, 0.1) is 16.0 Å². The second-order valence-corrected chi connectivity index (χ2v) is 8.48. The predicted octanol–water partition coefficient (Wildman–Crippen LogP) is 3.14. The van der Waals surface area contributed by atoms with Crippen molar-refractivity contribution in [1.29, 1.82) is 0 Å². The van der Waals surface area contributed by atoms with Gasteiger partial charge < -0.3 is 10.1 Å². The summed E-state index contributed by atoms with van der Waals surface area (Å²) in [7, 11) is 1.40. The molecule has 3 aromatic rings. The molecule has 2 aromatic heterocycles. The van der Waals surface area contributed by atoms with Crippen LogP contribution in [0.15, 0.2) is 29.3 Å². The van der Waals surface area contributed by atoms with Crippen molar-refractivity contribution in [2.24, 2.45) is 5.92 Å². The highest BCUT2D eigenvalue weighted by Crippen LogP contribution is 2.35. The van der Waals surface area contributed by atoms with Crippen LogP contribution >= 0.6 is 11.3 Å². The topological polar surface area (TPSA) is 116 Å². The number of methoxy groups -OCH3 is 1. The highest BCUT2D eigenvalue weighted by atomic mass is 32.1. The van der Waals surface area contributed by atoms with Crippen LogP contribution in [-0.2, 0) is 24.2 Å². The van der Waals surface area contributed by atoms with Crippen molar-refractivity contribution < 1.29 is 14.5 Å². The van der Waals surface area contributed by atoms with Crippen molar-refractivity contribution in [2.45, 2.75) is 32.7 Å². The average molecular weight is 428 g/mol. The maximum atomic E-state index is 13.0. The number of hydrogen-bond acceptors (Lipinski definition) is 7. The van der Waals surface area contributed by atoms with Gasteiger partial charge >= 0.3 is 0 Å². The molecule has 1 atom stereocenters. The van der Waals surface area contributed by atoms with E-state index in [1.54, 1.807) is 11.3 Å². The molecule has 2 heterocycles. The van der Waals surface area contributed by atoms with Gasteiger partial charge in [-0.2, -0.15) is 0 Å². The highest BCUT2D eigenvalue weighted by Gasteiger charge is 2.24. The van der Waals surface area contributed by atoms with Crippen LogP contribution in [-0.4, -0.2) is 27.5 Å². The van der Waals surface area contributed by atoms with E-state index in [-0.39, 0.29) is 23.5 Å². The summed E-state index contributed by atoms with van der Waals surface area (Å²) in [5.74, 6) is 0.338. The number of nitro benzene ring substituents is 1. The van der Waals surface area contributed by atoms with Crippen LogP contribution in [0.3, 0.4) is 0 Å². The van der Waals surface area contributed by atoms with Crippen LogP contribution in [0.2, 0.25) is 0 Å². The zero-order chi connectivity index (χ0) is 21.4. The first-order valence-electron chi connectivity index (χ1n) is 9.49. The number of ether oxygens (including phenoxy) is 1. The van der Waals surface area contributed by atoms with Gasteiger partial charge in [0, 0.05) is 4.88 Å². The molecule has 1 aliphatic carbocycles. The number of aromatic nitrogens is 2. The van der Waals surface area contributed by atoms with Crippen molar-refractivity contribution in [2.75, 3.05) is 12.4 Å². The fourth-order valence-electron chi connectivity index (χ4n) is 3.72. The third-order valence-corrected chi connectivity index (χ3v) is 6.43. The number of carbonyl (C=O) groups excluding carboxylic acids is 1. The number of nitrogens with zero attached hydrogens (tertiary/aromatic N) is 3. The Morgan fingerprint density at radius 1 is 1.47 bits per heavy atom. The SMILES string of the molecule is COc1ccc(NC(=O)Cn2cnc3sc4c(c3c2=O)CC[C@H](C)C4)c([N+](=O)[O-])c1. The first-order valence-corrected chi connectivity index (χ1v) is 10.3. The fourth-order valence-corrected chi connectivity index (χ4v) is 5.06. The molecule has 1 amide bonds. The zero-order valence-corrected chi connectivity index (χ0v) is 17.3. The fraction of sp³-hybridized carbons (Fsp3) is 0.350. The van der Waals surface area contributed by atoms with Crippen LogP contribution in [0.5, 0.6) is 5.75 Å². The van der Waals surface area contributed by atoms with E-state index in [9.17, 15) is 19.7 Å². The van der Waals surface area contributed by atoms with E-state index in [0.29, 0.717) is 21.9 Å². The van der Waals surface area contributed by atoms with Crippen LogP contribution < -0.4 is 15.6 Å². The number of nitro groups is 1. The van der Waals surface area contributed by atoms with Gasteiger partial charge in [0.1, 0.15) is 22.8 Å². The van der Waals surface area contributed by atoms with Gasteiger partial charge in [-0.25, -0.2) is 4.98 Å². The van der Waals surface area contributed by atoms with Crippen molar-refractivity contribution in [3.8, 4) is 5.75 Å². The van der Waals surface area contributed by atoms with Gasteiger partial charge in [-0.1, -0.05) is 6.92 Å². The molecule has 0 saturated heterocycles. The molecule has 156 valence electrons. The van der Waals surface area contributed by atoms with E-state index in [4.69, 9.17) is 4.74 Å². The Balaban J connectivity index is 1.61. The molecule has 1 aliphatic rings. The summed E-state index contributed by atoms with van der Waals surface area (Å²) >= 11 is 1.54. The van der Waals surface area contributed by atoms with Gasteiger partial charge in [0.2, 0.25) is 5.91 Å². The summed E-state index contributed by atoms with van der Waals surface area (Å²) in [6.45, 7) is 1.91. The van der Waals surface area contributed by atoms with E-state index in [1.807, 2.05) is 0 Å².